The van der Waals surface area contributed by atoms with Gasteiger partial charge in [-0.1, -0.05) is 26.2 Å². The Hall–Kier alpha value is -0.0800. The van der Waals surface area contributed by atoms with Crippen molar-refractivity contribution in [3.05, 3.63) is 0 Å². The molecule has 2 rings (SSSR count). The molecule has 17 heavy (non-hydrogen) atoms. The van der Waals surface area contributed by atoms with Crippen LogP contribution >= 0.6 is 0 Å². The van der Waals surface area contributed by atoms with Gasteiger partial charge in [0, 0.05) is 12.6 Å². The molecular weight excluding hydrogens is 210 g/mol. The minimum Gasteiger partial charge on any atom is -0.375 e. The number of rotatable bonds is 4. The van der Waals surface area contributed by atoms with E-state index in [0.29, 0.717) is 6.04 Å². The Morgan fingerprint density at radius 1 is 1.29 bits per heavy atom. The van der Waals surface area contributed by atoms with Gasteiger partial charge >= 0.3 is 0 Å². The fraction of sp³-hybridized carbons (Fsp3) is 1.00. The highest BCUT2D eigenvalue weighted by Gasteiger charge is 2.38. The molecule has 1 spiro atoms. The molecule has 2 fully saturated rings. The summed E-state index contributed by atoms with van der Waals surface area (Å²) in [4.78, 5) is 0. The Balaban J connectivity index is 1.79. The van der Waals surface area contributed by atoms with Gasteiger partial charge in [-0.2, -0.15) is 0 Å². The number of hydrogen-bond acceptors (Lipinski definition) is 2. The number of ether oxygens (including phenoxy) is 1. The summed E-state index contributed by atoms with van der Waals surface area (Å²) >= 11 is 0. The topological polar surface area (TPSA) is 35.2 Å². The molecule has 1 heterocycles. The SMILES string of the molecule is CCC(N)CCC1CCOC2(CCCCC2)C1. The van der Waals surface area contributed by atoms with E-state index in [9.17, 15) is 0 Å². The maximum atomic E-state index is 6.14. The standard InChI is InChI=1S/C15H29NO/c1-2-14(16)7-6-13-8-11-17-15(12-13)9-4-3-5-10-15/h13-14H,2-12,16H2,1H3. The first-order valence-electron chi connectivity index (χ1n) is 7.64. The summed E-state index contributed by atoms with van der Waals surface area (Å²) in [5.41, 5.74) is 6.30. The monoisotopic (exact) mass is 239 g/mol. The van der Waals surface area contributed by atoms with Gasteiger partial charge < -0.3 is 10.5 Å². The zero-order valence-corrected chi connectivity index (χ0v) is 11.4. The van der Waals surface area contributed by atoms with Crippen LogP contribution in [0.4, 0.5) is 0 Å². The predicted octanol–water partition coefficient (Wildman–Crippen LogP) is 3.63. The van der Waals surface area contributed by atoms with Gasteiger partial charge in [0.1, 0.15) is 0 Å². The van der Waals surface area contributed by atoms with E-state index in [1.165, 1.54) is 57.8 Å². The molecule has 2 unspecified atom stereocenters. The summed E-state index contributed by atoms with van der Waals surface area (Å²) in [7, 11) is 0. The van der Waals surface area contributed by atoms with Crippen LogP contribution in [0.15, 0.2) is 0 Å². The minimum atomic E-state index is 0.275. The second-order valence-corrected chi connectivity index (χ2v) is 6.20. The fourth-order valence-corrected chi connectivity index (χ4v) is 3.57. The van der Waals surface area contributed by atoms with Crippen molar-refractivity contribution in [3.8, 4) is 0 Å². The van der Waals surface area contributed by atoms with E-state index in [1.54, 1.807) is 0 Å². The molecule has 2 aliphatic rings. The normalized spacial score (nSPS) is 30.4. The molecule has 0 aromatic carbocycles. The average molecular weight is 239 g/mol. The van der Waals surface area contributed by atoms with Crippen LogP contribution in [0.1, 0.15) is 71.1 Å². The quantitative estimate of drug-likeness (QED) is 0.813. The van der Waals surface area contributed by atoms with Gasteiger partial charge in [0.2, 0.25) is 0 Å². The van der Waals surface area contributed by atoms with Crippen LogP contribution in [-0.4, -0.2) is 18.2 Å². The van der Waals surface area contributed by atoms with Crippen LogP contribution in [0.5, 0.6) is 0 Å². The predicted molar refractivity (Wildman–Crippen MR) is 72.0 cm³/mol. The second kappa shape index (κ2) is 6.19. The Kier molecular flexibility index (Phi) is 4.87. The van der Waals surface area contributed by atoms with Gasteiger partial charge in [-0.15, -0.1) is 0 Å². The summed E-state index contributed by atoms with van der Waals surface area (Å²) in [5, 5.41) is 0. The lowest BCUT2D eigenvalue weighted by Crippen LogP contribution is -2.41. The van der Waals surface area contributed by atoms with Gasteiger partial charge in [0.05, 0.1) is 5.60 Å². The van der Waals surface area contributed by atoms with E-state index < -0.39 is 0 Å². The lowest BCUT2D eigenvalue weighted by molar-refractivity contribution is -0.118. The third kappa shape index (κ3) is 3.69. The van der Waals surface area contributed by atoms with Crippen molar-refractivity contribution in [2.45, 2.75) is 82.8 Å². The first-order valence-corrected chi connectivity index (χ1v) is 7.64. The Bertz CT molecular complexity index is 217. The minimum absolute atomic E-state index is 0.275. The van der Waals surface area contributed by atoms with E-state index >= 15 is 0 Å². The molecule has 0 aromatic heterocycles. The van der Waals surface area contributed by atoms with Crippen molar-refractivity contribution in [2.75, 3.05) is 6.61 Å². The molecular formula is C15H29NO. The molecule has 1 saturated heterocycles. The Labute approximate surface area is 106 Å². The molecule has 2 heteroatoms. The van der Waals surface area contributed by atoms with Crippen molar-refractivity contribution in [1.82, 2.24) is 0 Å². The van der Waals surface area contributed by atoms with Crippen LogP contribution in [0, 0.1) is 5.92 Å². The Morgan fingerprint density at radius 2 is 2.06 bits per heavy atom. The molecule has 100 valence electrons. The zero-order chi connectivity index (χ0) is 12.1. The molecule has 1 saturated carbocycles. The molecule has 2 nitrogen and oxygen atoms in total. The van der Waals surface area contributed by atoms with Crippen LogP contribution in [0.3, 0.4) is 0 Å². The van der Waals surface area contributed by atoms with E-state index in [4.69, 9.17) is 10.5 Å². The first kappa shape index (κ1) is 13.4. The summed E-state index contributed by atoms with van der Waals surface area (Å²) in [6.45, 7) is 3.18. The smallest absolute Gasteiger partial charge is 0.0685 e. The van der Waals surface area contributed by atoms with E-state index in [0.717, 1.165) is 18.9 Å². The van der Waals surface area contributed by atoms with Crippen molar-refractivity contribution in [1.29, 1.82) is 0 Å². The van der Waals surface area contributed by atoms with Gasteiger partial charge in [-0.3, -0.25) is 0 Å². The molecule has 1 aliphatic carbocycles. The number of hydrogen-bond donors (Lipinski definition) is 1. The largest absolute Gasteiger partial charge is 0.375 e. The van der Waals surface area contributed by atoms with Crippen molar-refractivity contribution < 1.29 is 4.74 Å². The highest BCUT2D eigenvalue weighted by atomic mass is 16.5. The first-order chi connectivity index (χ1) is 8.24. The second-order valence-electron chi connectivity index (χ2n) is 6.20. The molecule has 2 atom stereocenters. The van der Waals surface area contributed by atoms with Crippen LogP contribution < -0.4 is 5.73 Å². The van der Waals surface area contributed by atoms with Gasteiger partial charge in [0.15, 0.2) is 0 Å². The summed E-state index contributed by atoms with van der Waals surface area (Å²) < 4.78 is 6.14. The highest BCUT2D eigenvalue weighted by Crippen LogP contribution is 2.41. The van der Waals surface area contributed by atoms with Gasteiger partial charge in [-0.25, -0.2) is 0 Å². The number of nitrogens with two attached hydrogens (primary N) is 1. The molecule has 2 N–H and O–H groups in total. The third-order valence-electron chi connectivity index (χ3n) is 4.83. The summed E-state index contributed by atoms with van der Waals surface area (Å²) in [6, 6.07) is 0.417. The van der Waals surface area contributed by atoms with E-state index in [2.05, 4.69) is 6.92 Å². The molecule has 0 aromatic rings. The Morgan fingerprint density at radius 3 is 2.76 bits per heavy atom. The molecule has 0 radical (unpaired) electrons. The lowest BCUT2D eigenvalue weighted by atomic mass is 9.75. The molecule has 0 bridgehead atoms. The van der Waals surface area contributed by atoms with E-state index in [1.807, 2.05) is 0 Å². The van der Waals surface area contributed by atoms with Crippen LogP contribution in [0.25, 0.3) is 0 Å². The van der Waals surface area contributed by atoms with Crippen molar-refractivity contribution >= 4 is 0 Å². The maximum absolute atomic E-state index is 6.14. The van der Waals surface area contributed by atoms with E-state index in [-0.39, 0.29) is 5.60 Å². The molecule has 0 amide bonds. The lowest BCUT2D eigenvalue weighted by Gasteiger charge is -2.43. The maximum Gasteiger partial charge on any atom is 0.0685 e. The van der Waals surface area contributed by atoms with Gasteiger partial charge in [0.25, 0.3) is 0 Å². The summed E-state index contributed by atoms with van der Waals surface area (Å²) in [6.07, 6.45) is 13.0. The van der Waals surface area contributed by atoms with Gasteiger partial charge in [-0.05, 0) is 50.9 Å². The highest BCUT2D eigenvalue weighted by molar-refractivity contribution is 4.89. The average Bonchev–Trinajstić information content (AvgIpc) is 2.37. The van der Waals surface area contributed by atoms with Crippen LogP contribution in [-0.2, 0) is 4.74 Å². The van der Waals surface area contributed by atoms with Crippen LogP contribution in [0.2, 0.25) is 0 Å². The fourth-order valence-electron chi connectivity index (χ4n) is 3.57. The van der Waals surface area contributed by atoms with Crippen molar-refractivity contribution in [2.24, 2.45) is 11.7 Å². The molecule has 1 aliphatic heterocycles. The summed E-state index contributed by atoms with van der Waals surface area (Å²) in [5.74, 6) is 0.874. The third-order valence-corrected chi connectivity index (χ3v) is 4.83. The van der Waals surface area contributed by atoms with Crippen molar-refractivity contribution in [3.63, 3.8) is 0 Å². The zero-order valence-electron chi connectivity index (χ0n) is 11.4.